The van der Waals surface area contributed by atoms with Gasteiger partial charge < -0.3 is 10.2 Å². The maximum absolute atomic E-state index is 12.0. The quantitative estimate of drug-likeness (QED) is 0.874. The summed E-state index contributed by atoms with van der Waals surface area (Å²) >= 11 is 5.91. The predicted molar refractivity (Wildman–Crippen MR) is 73.7 cm³/mol. The molecule has 0 aliphatic carbocycles. The van der Waals surface area contributed by atoms with Crippen LogP contribution in [0, 0.1) is 0 Å². The monoisotopic (exact) mass is 266 g/mol. The van der Waals surface area contributed by atoms with Crippen molar-refractivity contribution in [3.8, 4) is 0 Å². The van der Waals surface area contributed by atoms with Crippen LogP contribution in [0.4, 0.5) is 4.79 Å². The number of urea groups is 1. The van der Waals surface area contributed by atoms with Crippen LogP contribution in [0.25, 0.3) is 0 Å². The molecule has 1 saturated heterocycles. The van der Waals surface area contributed by atoms with Crippen molar-refractivity contribution in [2.45, 2.75) is 32.2 Å². The van der Waals surface area contributed by atoms with Gasteiger partial charge in [0, 0.05) is 24.7 Å². The summed E-state index contributed by atoms with van der Waals surface area (Å²) in [6.07, 6.45) is 4.70. The fraction of sp³-hybridized carbons (Fsp3) is 0.500. The highest BCUT2D eigenvalue weighted by molar-refractivity contribution is 6.30. The van der Waals surface area contributed by atoms with Crippen LogP contribution in [-0.4, -0.2) is 24.0 Å². The summed E-state index contributed by atoms with van der Waals surface area (Å²) in [7, 11) is 0. The molecule has 0 bridgehead atoms. The number of carbonyl (C=O) groups excluding carboxylic acids is 1. The molecule has 98 valence electrons. The predicted octanol–water partition coefficient (Wildman–Crippen LogP) is 3.43. The van der Waals surface area contributed by atoms with Gasteiger partial charge in [0.25, 0.3) is 0 Å². The zero-order valence-corrected chi connectivity index (χ0v) is 11.2. The lowest BCUT2D eigenvalue weighted by Gasteiger charge is -2.20. The molecule has 0 unspecified atom stereocenters. The van der Waals surface area contributed by atoms with Gasteiger partial charge in [-0.1, -0.05) is 36.6 Å². The van der Waals surface area contributed by atoms with E-state index in [1.54, 1.807) is 0 Å². The Kier molecular flexibility index (Phi) is 4.88. The summed E-state index contributed by atoms with van der Waals surface area (Å²) in [5.74, 6) is 0. The molecule has 0 atom stereocenters. The van der Waals surface area contributed by atoms with E-state index in [-0.39, 0.29) is 6.03 Å². The summed E-state index contributed by atoms with van der Waals surface area (Å²) in [5.41, 5.74) is 1.03. The average Bonchev–Trinajstić information content (AvgIpc) is 2.65. The molecule has 1 N–H and O–H groups in total. The zero-order valence-electron chi connectivity index (χ0n) is 10.5. The standard InChI is InChI=1S/C14H19ClN2O/c15-13-7-5-6-12(10-13)11-16-14(18)17-8-3-1-2-4-9-17/h5-7,10H,1-4,8-9,11H2,(H,16,18). The van der Waals surface area contributed by atoms with E-state index in [0.29, 0.717) is 11.6 Å². The first kappa shape index (κ1) is 13.2. The van der Waals surface area contributed by atoms with Gasteiger partial charge >= 0.3 is 6.03 Å². The number of hydrogen-bond donors (Lipinski definition) is 1. The van der Waals surface area contributed by atoms with Gasteiger partial charge in [0.05, 0.1) is 0 Å². The number of carbonyl (C=O) groups is 1. The second kappa shape index (κ2) is 6.64. The van der Waals surface area contributed by atoms with E-state index in [2.05, 4.69) is 5.32 Å². The van der Waals surface area contributed by atoms with E-state index in [0.717, 1.165) is 31.5 Å². The van der Waals surface area contributed by atoms with Crippen molar-refractivity contribution in [1.29, 1.82) is 0 Å². The molecule has 2 rings (SSSR count). The Hall–Kier alpha value is -1.22. The minimum absolute atomic E-state index is 0.0388. The number of hydrogen-bond acceptors (Lipinski definition) is 1. The van der Waals surface area contributed by atoms with Crippen LogP contribution >= 0.6 is 11.6 Å². The van der Waals surface area contributed by atoms with Crippen LogP contribution in [-0.2, 0) is 6.54 Å². The number of amides is 2. The Bertz CT molecular complexity index is 401. The second-order valence-corrected chi connectivity index (χ2v) is 5.13. The molecule has 0 aromatic heterocycles. The molecule has 0 radical (unpaired) electrons. The molecular formula is C14H19ClN2O. The van der Waals surface area contributed by atoms with E-state index >= 15 is 0 Å². The molecule has 3 nitrogen and oxygen atoms in total. The summed E-state index contributed by atoms with van der Waals surface area (Å²) < 4.78 is 0. The Balaban J connectivity index is 1.83. The molecule has 18 heavy (non-hydrogen) atoms. The van der Waals surface area contributed by atoms with Gasteiger partial charge in [-0.3, -0.25) is 0 Å². The third-order valence-electron chi connectivity index (χ3n) is 3.23. The van der Waals surface area contributed by atoms with Crippen LogP contribution in [0.3, 0.4) is 0 Å². The average molecular weight is 267 g/mol. The fourth-order valence-electron chi connectivity index (χ4n) is 2.21. The maximum Gasteiger partial charge on any atom is 0.317 e. The first-order valence-corrected chi connectivity index (χ1v) is 6.91. The summed E-state index contributed by atoms with van der Waals surface area (Å²) in [4.78, 5) is 13.9. The number of nitrogens with zero attached hydrogens (tertiary/aromatic N) is 1. The molecule has 1 heterocycles. The molecule has 2 amide bonds. The smallest absolute Gasteiger partial charge is 0.317 e. The van der Waals surface area contributed by atoms with E-state index < -0.39 is 0 Å². The normalized spacial score (nSPS) is 16.2. The zero-order chi connectivity index (χ0) is 12.8. The molecule has 1 aliphatic heterocycles. The molecule has 1 aliphatic rings. The van der Waals surface area contributed by atoms with Crippen LogP contribution < -0.4 is 5.32 Å². The summed E-state index contributed by atoms with van der Waals surface area (Å²) in [5, 5.41) is 3.66. The molecule has 4 heteroatoms. The molecule has 0 spiro atoms. The van der Waals surface area contributed by atoms with E-state index in [4.69, 9.17) is 11.6 Å². The number of nitrogens with one attached hydrogen (secondary N) is 1. The van der Waals surface area contributed by atoms with Gasteiger partial charge in [0.15, 0.2) is 0 Å². The molecule has 0 saturated carbocycles. The Morgan fingerprint density at radius 2 is 1.94 bits per heavy atom. The van der Waals surface area contributed by atoms with Gasteiger partial charge in [-0.15, -0.1) is 0 Å². The number of benzene rings is 1. The lowest BCUT2D eigenvalue weighted by atomic mass is 10.2. The maximum atomic E-state index is 12.0. The van der Waals surface area contributed by atoms with Gasteiger partial charge in [0.1, 0.15) is 0 Å². The van der Waals surface area contributed by atoms with Gasteiger partial charge in [-0.2, -0.15) is 0 Å². The lowest BCUT2D eigenvalue weighted by Crippen LogP contribution is -2.40. The second-order valence-electron chi connectivity index (χ2n) is 4.69. The highest BCUT2D eigenvalue weighted by Gasteiger charge is 2.14. The van der Waals surface area contributed by atoms with Gasteiger partial charge in [-0.25, -0.2) is 4.79 Å². The highest BCUT2D eigenvalue weighted by atomic mass is 35.5. The van der Waals surface area contributed by atoms with Gasteiger partial charge in [0.2, 0.25) is 0 Å². The number of rotatable bonds is 2. The molecule has 1 aromatic carbocycles. The van der Waals surface area contributed by atoms with Crippen LogP contribution in [0.1, 0.15) is 31.2 Å². The van der Waals surface area contributed by atoms with Crippen molar-refractivity contribution in [1.82, 2.24) is 10.2 Å². The van der Waals surface area contributed by atoms with Crippen molar-refractivity contribution in [2.75, 3.05) is 13.1 Å². The first-order chi connectivity index (χ1) is 8.75. The fourth-order valence-corrected chi connectivity index (χ4v) is 2.42. The van der Waals surface area contributed by atoms with Crippen LogP contribution in [0.2, 0.25) is 5.02 Å². The number of likely N-dealkylation sites (tertiary alicyclic amines) is 1. The summed E-state index contributed by atoms with van der Waals surface area (Å²) in [6.45, 7) is 2.29. The van der Waals surface area contributed by atoms with E-state index in [1.807, 2.05) is 29.2 Å². The van der Waals surface area contributed by atoms with Crippen molar-refractivity contribution >= 4 is 17.6 Å². The largest absolute Gasteiger partial charge is 0.334 e. The van der Waals surface area contributed by atoms with Crippen molar-refractivity contribution in [3.05, 3.63) is 34.9 Å². The highest BCUT2D eigenvalue weighted by Crippen LogP contribution is 2.12. The topological polar surface area (TPSA) is 32.3 Å². The molecular weight excluding hydrogens is 248 g/mol. The Labute approximate surface area is 113 Å². The van der Waals surface area contributed by atoms with Crippen LogP contribution in [0.5, 0.6) is 0 Å². The van der Waals surface area contributed by atoms with Crippen molar-refractivity contribution < 1.29 is 4.79 Å². The van der Waals surface area contributed by atoms with Crippen LogP contribution in [0.15, 0.2) is 24.3 Å². The lowest BCUT2D eigenvalue weighted by molar-refractivity contribution is 0.199. The summed E-state index contributed by atoms with van der Waals surface area (Å²) in [6, 6.07) is 7.62. The third kappa shape index (κ3) is 3.91. The first-order valence-electron chi connectivity index (χ1n) is 6.53. The molecule has 1 aromatic rings. The van der Waals surface area contributed by atoms with Gasteiger partial charge in [-0.05, 0) is 30.5 Å². The number of halogens is 1. The van der Waals surface area contributed by atoms with E-state index in [9.17, 15) is 4.79 Å². The van der Waals surface area contributed by atoms with Crippen molar-refractivity contribution in [3.63, 3.8) is 0 Å². The van der Waals surface area contributed by atoms with E-state index in [1.165, 1.54) is 12.8 Å². The minimum atomic E-state index is 0.0388. The SMILES string of the molecule is O=C(NCc1cccc(Cl)c1)N1CCCCCC1. The molecule has 1 fully saturated rings. The minimum Gasteiger partial charge on any atom is -0.334 e. The Morgan fingerprint density at radius 3 is 2.61 bits per heavy atom. The Morgan fingerprint density at radius 1 is 1.22 bits per heavy atom. The third-order valence-corrected chi connectivity index (χ3v) is 3.46. The van der Waals surface area contributed by atoms with Crippen molar-refractivity contribution in [2.24, 2.45) is 0 Å².